The van der Waals surface area contributed by atoms with Crippen molar-refractivity contribution in [1.29, 1.82) is 0 Å². The predicted octanol–water partition coefficient (Wildman–Crippen LogP) is 2.46. The molecule has 2 aromatic rings. The van der Waals surface area contributed by atoms with E-state index >= 15 is 0 Å². The van der Waals surface area contributed by atoms with Crippen LogP contribution in [0, 0.1) is 5.41 Å². The number of hydrogen-bond acceptors (Lipinski definition) is 4. The molecule has 2 N–H and O–H groups in total. The molecule has 0 amide bonds. The van der Waals surface area contributed by atoms with Crippen LogP contribution >= 0.6 is 0 Å². The second-order valence-electron chi connectivity index (χ2n) is 6.73. The molecule has 5 heteroatoms. The summed E-state index contributed by atoms with van der Waals surface area (Å²) in [5.74, 6) is 0.578. The zero-order valence-corrected chi connectivity index (χ0v) is 13.4. The third kappa shape index (κ3) is 3.14. The molecule has 0 bridgehead atoms. The fourth-order valence-corrected chi connectivity index (χ4v) is 3.63. The van der Waals surface area contributed by atoms with Crippen LogP contribution in [0.15, 0.2) is 29.1 Å². The first kappa shape index (κ1) is 15.0. The van der Waals surface area contributed by atoms with Gasteiger partial charge in [-0.1, -0.05) is 25.0 Å². The van der Waals surface area contributed by atoms with E-state index in [2.05, 4.69) is 34.3 Å². The topological polar surface area (TPSA) is 61.0 Å². The van der Waals surface area contributed by atoms with E-state index < -0.39 is 0 Å². The van der Waals surface area contributed by atoms with Crippen molar-refractivity contribution in [3.05, 3.63) is 34.6 Å². The molecule has 118 valence electrons. The van der Waals surface area contributed by atoms with E-state index in [1.54, 1.807) is 6.07 Å². The predicted molar refractivity (Wildman–Crippen MR) is 90.3 cm³/mol. The van der Waals surface area contributed by atoms with Crippen LogP contribution in [0.4, 0.5) is 5.95 Å². The highest BCUT2D eigenvalue weighted by atomic mass is 16.1. The average molecular weight is 300 g/mol. The molecule has 1 aromatic carbocycles. The minimum atomic E-state index is -0.0822. The Morgan fingerprint density at radius 2 is 2.00 bits per heavy atom. The lowest BCUT2D eigenvalue weighted by Gasteiger charge is -2.32. The fourth-order valence-electron chi connectivity index (χ4n) is 3.63. The summed E-state index contributed by atoms with van der Waals surface area (Å²) in [6, 6.07) is 7.44. The summed E-state index contributed by atoms with van der Waals surface area (Å²) in [7, 11) is 4.24. The first-order valence-corrected chi connectivity index (χ1v) is 7.96. The van der Waals surface area contributed by atoms with Gasteiger partial charge in [-0.3, -0.25) is 9.78 Å². The summed E-state index contributed by atoms with van der Waals surface area (Å²) < 4.78 is 0. The van der Waals surface area contributed by atoms with E-state index in [9.17, 15) is 4.79 Å². The van der Waals surface area contributed by atoms with Crippen LogP contribution in [-0.2, 0) is 0 Å². The number of anilines is 1. The highest BCUT2D eigenvalue weighted by molar-refractivity contribution is 5.78. The molecule has 1 saturated carbocycles. The number of nitrogens with one attached hydrogen (secondary N) is 2. The van der Waals surface area contributed by atoms with E-state index in [1.165, 1.54) is 25.7 Å². The maximum atomic E-state index is 12.1. The Bertz CT molecular complexity index is 701. The maximum Gasteiger partial charge on any atom is 0.260 e. The average Bonchev–Trinajstić information content (AvgIpc) is 2.93. The highest BCUT2D eigenvalue weighted by Crippen LogP contribution is 2.38. The quantitative estimate of drug-likeness (QED) is 0.890. The molecule has 0 atom stereocenters. The van der Waals surface area contributed by atoms with E-state index in [4.69, 9.17) is 0 Å². The SMILES string of the molecule is CN(C)CC1(CNc2nc3ccccc3c(=O)[nH]2)CCCC1. The van der Waals surface area contributed by atoms with Crippen molar-refractivity contribution in [3.8, 4) is 0 Å². The number of nitrogens with zero attached hydrogens (tertiary/aromatic N) is 2. The Labute approximate surface area is 130 Å². The van der Waals surface area contributed by atoms with Crippen molar-refractivity contribution in [3.63, 3.8) is 0 Å². The number of aromatic nitrogens is 2. The van der Waals surface area contributed by atoms with Crippen molar-refractivity contribution in [2.45, 2.75) is 25.7 Å². The Kier molecular flexibility index (Phi) is 4.16. The highest BCUT2D eigenvalue weighted by Gasteiger charge is 2.34. The molecule has 1 aromatic heterocycles. The Morgan fingerprint density at radius 1 is 1.27 bits per heavy atom. The Morgan fingerprint density at radius 3 is 2.73 bits per heavy atom. The normalized spacial score (nSPS) is 17.2. The molecule has 22 heavy (non-hydrogen) atoms. The van der Waals surface area contributed by atoms with Gasteiger partial charge in [-0.15, -0.1) is 0 Å². The number of fused-ring (bicyclic) bond motifs is 1. The number of hydrogen-bond donors (Lipinski definition) is 2. The standard InChI is InChI=1S/C17H24N4O/c1-21(2)12-17(9-5-6-10-17)11-18-16-19-14-8-4-3-7-13(14)15(22)20-16/h3-4,7-8H,5-6,9-12H2,1-2H3,(H2,18,19,20,22). The van der Waals surface area contributed by atoms with Gasteiger partial charge >= 0.3 is 0 Å². The molecule has 0 unspecified atom stereocenters. The molecule has 5 nitrogen and oxygen atoms in total. The van der Waals surface area contributed by atoms with Gasteiger partial charge in [0.1, 0.15) is 0 Å². The molecule has 0 saturated heterocycles. The van der Waals surface area contributed by atoms with Gasteiger partial charge < -0.3 is 10.2 Å². The van der Waals surface area contributed by atoms with Gasteiger partial charge in [0.15, 0.2) is 0 Å². The summed E-state index contributed by atoms with van der Waals surface area (Å²) >= 11 is 0. The van der Waals surface area contributed by atoms with Gasteiger partial charge in [-0.05, 0) is 39.1 Å². The van der Waals surface area contributed by atoms with Crippen LogP contribution in [0.2, 0.25) is 0 Å². The molecule has 1 fully saturated rings. The molecule has 3 rings (SSSR count). The smallest absolute Gasteiger partial charge is 0.260 e. The molecule has 1 heterocycles. The van der Waals surface area contributed by atoms with Crippen LogP contribution in [0.3, 0.4) is 0 Å². The lowest BCUT2D eigenvalue weighted by molar-refractivity contribution is 0.215. The first-order valence-electron chi connectivity index (χ1n) is 7.96. The van der Waals surface area contributed by atoms with Crippen LogP contribution in [0.5, 0.6) is 0 Å². The fraction of sp³-hybridized carbons (Fsp3) is 0.529. The molecule has 0 radical (unpaired) electrons. The Hall–Kier alpha value is -1.88. The Balaban J connectivity index is 1.79. The number of H-pyrrole nitrogens is 1. The monoisotopic (exact) mass is 300 g/mol. The van der Waals surface area contributed by atoms with Crippen LogP contribution < -0.4 is 10.9 Å². The summed E-state index contributed by atoms with van der Waals surface area (Å²) in [5.41, 5.74) is 0.941. The third-order valence-electron chi connectivity index (χ3n) is 4.56. The van der Waals surface area contributed by atoms with Gasteiger partial charge in [-0.25, -0.2) is 4.98 Å². The maximum absolute atomic E-state index is 12.1. The van der Waals surface area contributed by atoms with Crippen molar-refractivity contribution in [1.82, 2.24) is 14.9 Å². The summed E-state index contributed by atoms with van der Waals surface area (Å²) in [6.45, 7) is 1.92. The molecule has 1 aliphatic rings. The third-order valence-corrected chi connectivity index (χ3v) is 4.56. The van der Waals surface area contributed by atoms with Crippen LogP contribution in [0.25, 0.3) is 10.9 Å². The zero-order chi connectivity index (χ0) is 15.6. The summed E-state index contributed by atoms with van der Waals surface area (Å²) in [6.07, 6.45) is 5.04. The first-order chi connectivity index (χ1) is 10.6. The number of aromatic amines is 1. The van der Waals surface area contributed by atoms with Gasteiger partial charge in [0, 0.05) is 18.5 Å². The van der Waals surface area contributed by atoms with E-state index in [0.717, 1.165) is 18.6 Å². The molecular weight excluding hydrogens is 276 g/mol. The summed E-state index contributed by atoms with van der Waals surface area (Å²) in [5, 5.41) is 4.01. The van der Waals surface area contributed by atoms with Gasteiger partial charge in [0.2, 0.25) is 5.95 Å². The second kappa shape index (κ2) is 6.08. The minimum absolute atomic E-state index is 0.0822. The summed E-state index contributed by atoms with van der Waals surface area (Å²) in [4.78, 5) is 21.7. The molecular formula is C17H24N4O. The zero-order valence-electron chi connectivity index (χ0n) is 13.4. The van der Waals surface area contributed by atoms with Crippen LogP contribution in [0.1, 0.15) is 25.7 Å². The lowest BCUT2D eigenvalue weighted by Crippen LogP contribution is -2.37. The molecule has 1 aliphatic carbocycles. The number of rotatable bonds is 5. The second-order valence-corrected chi connectivity index (χ2v) is 6.73. The van der Waals surface area contributed by atoms with E-state index in [1.807, 2.05) is 18.2 Å². The number of para-hydroxylation sites is 1. The molecule has 0 spiro atoms. The minimum Gasteiger partial charge on any atom is -0.355 e. The van der Waals surface area contributed by atoms with Gasteiger partial charge in [-0.2, -0.15) is 0 Å². The number of benzene rings is 1. The van der Waals surface area contributed by atoms with Gasteiger partial charge in [0.25, 0.3) is 5.56 Å². The van der Waals surface area contributed by atoms with Crippen molar-refractivity contribution in [2.24, 2.45) is 5.41 Å². The van der Waals surface area contributed by atoms with Gasteiger partial charge in [0.05, 0.1) is 10.9 Å². The van der Waals surface area contributed by atoms with E-state index in [-0.39, 0.29) is 11.0 Å². The van der Waals surface area contributed by atoms with E-state index in [0.29, 0.717) is 11.3 Å². The lowest BCUT2D eigenvalue weighted by atomic mass is 9.85. The molecule has 0 aliphatic heterocycles. The largest absolute Gasteiger partial charge is 0.355 e. The van der Waals surface area contributed by atoms with Crippen LogP contribution in [-0.4, -0.2) is 42.1 Å². The van der Waals surface area contributed by atoms with Crippen molar-refractivity contribution < 1.29 is 0 Å². The van der Waals surface area contributed by atoms with Crippen molar-refractivity contribution in [2.75, 3.05) is 32.5 Å². The van der Waals surface area contributed by atoms with Crippen molar-refractivity contribution >= 4 is 16.9 Å².